The molecule has 2 N–H and O–H groups in total. The number of aromatic nitrogens is 1. The van der Waals surface area contributed by atoms with Gasteiger partial charge in [-0.1, -0.05) is 12.1 Å². The molecule has 0 unspecified atom stereocenters. The predicted octanol–water partition coefficient (Wildman–Crippen LogP) is 3.77. The number of methoxy groups -OCH3 is 1. The summed E-state index contributed by atoms with van der Waals surface area (Å²) in [6, 6.07) is 17.0. The van der Waals surface area contributed by atoms with E-state index in [0.29, 0.717) is 22.9 Å². The summed E-state index contributed by atoms with van der Waals surface area (Å²) in [6.07, 6.45) is 2.14. The van der Waals surface area contributed by atoms with Crippen LogP contribution in [0.5, 0.6) is 5.75 Å². The molecule has 0 atom stereocenters. The summed E-state index contributed by atoms with van der Waals surface area (Å²) >= 11 is 0. The lowest BCUT2D eigenvalue weighted by Crippen LogP contribution is -2.20. The van der Waals surface area contributed by atoms with Crippen molar-refractivity contribution >= 4 is 21.3 Å². The predicted molar refractivity (Wildman–Crippen MR) is 114 cm³/mol. The van der Waals surface area contributed by atoms with Crippen molar-refractivity contribution in [1.82, 2.24) is 4.98 Å². The van der Waals surface area contributed by atoms with Crippen LogP contribution in [-0.2, 0) is 9.84 Å². The molecule has 29 heavy (non-hydrogen) atoms. The lowest BCUT2D eigenvalue weighted by Gasteiger charge is -2.19. The summed E-state index contributed by atoms with van der Waals surface area (Å²) in [5.74, 6) is 1.31. The van der Waals surface area contributed by atoms with E-state index in [-0.39, 0.29) is 9.79 Å². The van der Waals surface area contributed by atoms with E-state index in [0.717, 1.165) is 31.5 Å². The highest BCUT2D eigenvalue weighted by atomic mass is 32.2. The van der Waals surface area contributed by atoms with Gasteiger partial charge in [0.25, 0.3) is 0 Å². The normalized spacial score (nSPS) is 14.2. The van der Waals surface area contributed by atoms with Crippen molar-refractivity contribution in [2.75, 3.05) is 30.8 Å². The molecule has 2 aromatic carbocycles. The molecule has 2 heterocycles. The Balaban J connectivity index is 1.89. The molecular weight excluding hydrogens is 386 g/mol. The zero-order chi connectivity index (χ0) is 20.4. The van der Waals surface area contributed by atoms with Gasteiger partial charge in [-0.15, -0.1) is 0 Å². The molecule has 4 rings (SSSR count). The van der Waals surface area contributed by atoms with Gasteiger partial charge in [-0.3, -0.25) is 0 Å². The van der Waals surface area contributed by atoms with Crippen LogP contribution >= 0.6 is 0 Å². The summed E-state index contributed by atoms with van der Waals surface area (Å²) in [7, 11) is -2.13. The molecule has 7 heteroatoms. The van der Waals surface area contributed by atoms with Gasteiger partial charge >= 0.3 is 0 Å². The molecule has 0 amide bonds. The first-order valence-corrected chi connectivity index (χ1v) is 11.0. The SMILES string of the molecule is COc1ccccc1-c1cc(S(=O)(=O)c2ccc(N)cc2)cc(N2CCCC2)n1. The van der Waals surface area contributed by atoms with Crippen LogP contribution in [0.25, 0.3) is 11.3 Å². The maximum absolute atomic E-state index is 13.3. The van der Waals surface area contributed by atoms with Crippen LogP contribution in [0.2, 0.25) is 0 Å². The summed E-state index contributed by atoms with van der Waals surface area (Å²) in [6.45, 7) is 1.73. The minimum atomic E-state index is -3.72. The largest absolute Gasteiger partial charge is 0.496 e. The van der Waals surface area contributed by atoms with Crippen LogP contribution in [0, 0.1) is 0 Å². The van der Waals surface area contributed by atoms with Crippen molar-refractivity contribution in [2.45, 2.75) is 22.6 Å². The van der Waals surface area contributed by atoms with E-state index < -0.39 is 9.84 Å². The maximum Gasteiger partial charge on any atom is 0.206 e. The second-order valence-corrected chi connectivity index (χ2v) is 8.96. The van der Waals surface area contributed by atoms with E-state index in [9.17, 15) is 8.42 Å². The number of nitrogens with two attached hydrogens (primary N) is 1. The number of ether oxygens (including phenoxy) is 1. The number of benzene rings is 2. The summed E-state index contributed by atoms with van der Waals surface area (Å²) in [5, 5.41) is 0. The first kappa shape index (κ1) is 19.3. The van der Waals surface area contributed by atoms with Gasteiger partial charge in [0.2, 0.25) is 9.84 Å². The molecule has 0 radical (unpaired) electrons. The first-order valence-electron chi connectivity index (χ1n) is 9.50. The average Bonchev–Trinajstić information content (AvgIpc) is 3.29. The minimum absolute atomic E-state index is 0.205. The van der Waals surface area contributed by atoms with Crippen LogP contribution in [0.1, 0.15) is 12.8 Å². The zero-order valence-corrected chi connectivity index (χ0v) is 17.0. The van der Waals surface area contributed by atoms with E-state index in [1.807, 2.05) is 24.3 Å². The molecule has 0 bridgehead atoms. The minimum Gasteiger partial charge on any atom is -0.496 e. The summed E-state index contributed by atoms with van der Waals surface area (Å²) in [4.78, 5) is 7.32. The molecule has 0 spiro atoms. The highest BCUT2D eigenvalue weighted by Crippen LogP contribution is 2.34. The number of hydrogen-bond donors (Lipinski definition) is 1. The molecule has 3 aromatic rings. The van der Waals surface area contributed by atoms with Gasteiger partial charge in [-0.05, 0) is 61.4 Å². The fraction of sp³-hybridized carbons (Fsp3) is 0.227. The number of anilines is 2. The molecule has 1 aliphatic heterocycles. The molecule has 1 fully saturated rings. The number of hydrogen-bond acceptors (Lipinski definition) is 6. The van der Waals surface area contributed by atoms with E-state index in [2.05, 4.69) is 4.90 Å². The highest BCUT2D eigenvalue weighted by Gasteiger charge is 2.23. The van der Waals surface area contributed by atoms with Gasteiger partial charge in [0, 0.05) is 24.3 Å². The van der Waals surface area contributed by atoms with E-state index in [4.69, 9.17) is 15.5 Å². The molecular formula is C22H23N3O3S. The molecule has 0 aliphatic carbocycles. The van der Waals surface area contributed by atoms with Gasteiger partial charge < -0.3 is 15.4 Å². The van der Waals surface area contributed by atoms with Crippen LogP contribution in [-0.4, -0.2) is 33.6 Å². The molecule has 1 saturated heterocycles. The van der Waals surface area contributed by atoms with Gasteiger partial charge in [-0.25, -0.2) is 13.4 Å². The Morgan fingerprint density at radius 3 is 2.34 bits per heavy atom. The van der Waals surface area contributed by atoms with Crippen molar-refractivity contribution in [2.24, 2.45) is 0 Å². The van der Waals surface area contributed by atoms with Crippen LogP contribution in [0.15, 0.2) is 70.5 Å². The van der Waals surface area contributed by atoms with Gasteiger partial charge in [0.1, 0.15) is 11.6 Å². The number of nitrogen functional groups attached to an aromatic ring is 1. The molecule has 1 aliphatic rings. The number of para-hydroxylation sites is 1. The standard InChI is InChI=1S/C22H23N3O3S/c1-28-21-7-3-2-6-19(21)20-14-18(15-22(24-20)25-12-4-5-13-25)29(26,27)17-10-8-16(23)9-11-17/h2-3,6-11,14-15H,4-5,12-13,23H2,1H3. The van der Waals surface area contributed by atoms with Crippen molar-refractivity contribution in [3.63, 3.8) is 0 Å². The number of sulfone groups is 1. The Hall–Kier alpha value is -3.06. The van der Waals surface area contributed by atoms with Gasteiger partial charge in [0.05, 0.1) is 22.6 Å². The lowest BCUT2D eigenvalue weighted by atomic mass is 10.1. The number of nitrogens with zero attached hydrogens (tertiary/aromatic N) is 2. The summed E-state index contributed by atoms with van der Waals surface area (Å²) < 4.78 is 32.1. The fourth-order valence-electron chi connectivity index (χ4n) is 3.53. The number of pyridine rings is 1. The van der Waals surface area contributed by atoms with E-state index in [1.54, 1.807) is 31.4 Å². The third-order valence-electron chi connectivity index (χ3n) is 5.10. The molecule has 6 nitrogen and oxygen atoms in total. The topological polar surface area (TPSA) is 85.5 Å². The van der Waals surface area contributed by atoms with Crippen LogP contribution in [0.4, 0.5) is 11.5 Å². The third-order valence-corrected chi connectivity index (χ3v) is 6.85. The van der Waals surface area contributed by atoms with E-state index in [1.165, 1.54) is 12.1 Å². The maximum atomic E-state index is 13.3. The Labute approximate surface area is 170 Å². The molecule has 0 saturated carbocycles. The second kappa shape index (κ2) is 7.75. The summed E-state index contributed by atoms with van der Waals surface area (Å²) in [5.41, 5.74) is 7.57. The van der Waals surface area contributed by atoms with Gasteiger partial charge in [0.15, 0.2) is 0 Å². The van der Waals surface area contributed by atoms with Crippen molar-refractivity contribution in [3.05, 3.63) is 60.7 Å². The Kier molecular flexibility index (Phi) is 5.15. The second-order valence-electron chi connectivity index (χ2n) is 7.01. The van der Waals surface area contributed by atoms with Crippen LogP contribution < -0.4 is 15.4 Å². The van der Waals surface area contributed by atoms with Crippen LogP contribution in [0.3, 0.4) is 0 Å². The first-order chi connectivity index (χ1) is 14.0. The number of rotatable bonds is 5. The van der Waals surface area contributed by atoms with E-state index >= 15 is 0 Å². The quantitative estimate of drug-likeness (QED) is 0.646. The molecule has 150 valence electrons. The van der Waals surface area contributed by atoms with Gasteiger partial charge in [-0.2, -0.15) is 0 Å². The Bertz CT molecular complexity index is 1120. The highest BCUT2D eigenvalue weighted by molar-refractivity contribution is 7.91. The lowest BCUT2D eigenvalue weighted by molar-refractivity contribution is 0.416. The van der Waals surface area contributed by atoms with Crippen molar-refractivity contribution < 1.29 is 13.2 Å². The fourth-order valence-corrected chi connectivity index (χ4v) is 4.83. The monoisotopic (exact) mass is 409 g/mol. The van der Waals surface area contributed by atoms with Crippen molar-refractivity contribution in [1.29, 1.82) is 0 Å². The van der Waals surface area contributed by atoms with Crippen molar-refractivity contribution in [3.8, 4) is 17.0 Å². The Morgan fingerprint density at radius 1 is 0.966 bits per heavy atom. The average molecular weight is 410 g/mol. The zero-order valence-electron chi connectivity index (χ0n) is 16.2. The molecule has 1 aromatic heterocycles. The smallest absolute Gasteiger partial charge is 0.206 e. The third kappa shape index (κ3) is 3.78. The Morgan fingerprint density at radius 2 is 1.66 bits per heavy atom.